The highest BCUT2D eigenvalue weighted by atomic mass is 19.2. The Morgan fingerprint density at radius 1 is 0.556 bits per heavy atom. The van der Waals surface area contributed by atoms with Crippen molar-refractivity contribution in [1.82, 2.24) is 0 Å². The third-order valence-corrected chi connectivity index (χ3v) is 4.50. The van der Waals surface area contributed by atoms with E-state index in [2.05, 4.69) is 11.8 Å². The summed E-state index contributed by atoms with van der Waals surface area (Å²) in [6.07, 6.45) is 0. The average molecular weight is 354 g/mol. The Labute approximate surface area is 157 Å². The summed E-state index contributed by atoms with van der Waals surface area (Å²) >= 11 is 0. The maximum atomic E-state index is 13.5. The van der Waals surface area contributed by atoms with Crippen LogP contribution in [-0.2, 0) is 0 Å². The van der Waals surface area contributed by atoms with Gasteiger partial charge in [-0.05, 0) is 71.3 Å². The number of halogens is 2. The van der Waals surface area contributed by atoms with Crippen LogP contribution >= 0.6 is 0 Å². The zero-order valence-corrected chi connectivity index (χ0v) is 14.8. The van der Waals surface area contributed by atoms with E-state index in [4.69, 9.17) is 0 Å². The number of benzene rings is 4. The van der Waals surface area contributed by atoms with Crippen molar-refractivity contribution < 1.29 is 8.78 Å². The summed E-state index contributed by atoms with van der Waals surface area (Å²) < 4.78 is 26.8. The van der Waals surface area contributed by atoms with Gasteiger partial charge in [-0.3, -0.25) is 0 Å². The van der Waals surface area contributed by atoms with E-state index in [0.29, 0.717) is 10.8 Å². The van der Waals surface area contributed by atoms with Crippen LogP contribution in [0, 0.1) is 30.4 Å². The van der Waals surface area contributed by atoms with Crippen molar-refractivity contribution in [2.24, 2.45) is 0 Å². The summed E-state index contributed by atoms with van der Waals surface area (Å²) in [6, 6.07) is 24.0. The van der Waals surface area contributed by atoms with Crippen LogP contribution in [-0.4, -0.2) is 0 Å². The van der Waals surface area contributed by atoms with Gasteiger partial charge in [0, 0.05) is 11.1 Å². The molecule has 27 heavy (non-hydrogen) atoms. The lowest BCUT2D eigenvalue weighted by Gasteiger charge is -2.05. The van der Waals surface area contributed by atoms with Gasteiger partial charge in [-0.25, -0.2) is 8.78 Å². The lowest BCUT2D eigenvalue weighted by atomic mass is 10.00. The summed E-state index contributed by atoms with van der Waals surface area (Å²) in [5.41, 5.74) is 5.07. The molecule has 0 amide bonds. The molecule has 0 nitrogen and oxygen atoms in total. The van der Waals surface area contributed by atoms with Gasteiger partial charge in [0.1, 0.15) is 0 Å². The van der Waals surface area contributed by atoms with E-state index in [0.717, 1.165) is 22.3 Å². The Hall–Kier alpha value is -3.44. The number of hydrogen-bond acceptors (Lipinski definition) is 0. The molecule has 0 fully saturated rings. The summed E-state index contributed by atoms with van der Waals surface area (Å²) in [5, 5.41) is 1.35. The average Bonchev–Trinajstić information content (AvgIpc) is 2.68. The fourth-order valence-corrected chi connectivity index (χ4v) is 2.95. The topological polar surface area (TPSA) is 0 Å². The van der Waals surface area contributed by atoms with Crippen LogP contribution in [0.4, 0.5) is 8.78 Å². The minimum Gasteiger partial charge on any atom is -0.204 e. The maximum absolute atomic E-state index is 13.5. The zero-order chi connectivity index (χ0) is 18.8. The minimum absolute atomic E-state index is 0.676. The smallest absolute Gasteiger partial charge is 0.159 e. The van der Waals surface area contributed by atoms with E-state index < -0.39 is 11.6 Å². The Kier molecular flexibility index (Phi) is 4.44. The van der Waals surface area contributed by atoms with Crippen LogP contribution in [0.1, 0.15) is 16.7 Å². The molecule has 0 heterocycles. The number of fused-ring (bicyclic) bond motifs is 1. The molecule has 4 aromatic rings. The molecule has 0 unspecified atom stereocenters. The van der Waals surface area contributed by atoms with E-state index in [-0.39, 0.29) is 0 Å². The SMILES string of the molecule is Cc1ccc(C#Cc2ccc(-c3ccc4cc(F)c(F)cc4c3)cc2)cc1. The van der Waals surface area contributed by atoms with E-state index in [1.54, 1.807) is 6.07 Å². The van der Waals surface area contributed by atoms with Crippen molar-refractivity contribution in [2.75, 3.05) is 0 Å². The Morgan fingerprint density at radius 3 is 1.70 bits per heavy atom. The van der Waals surface area contributed by atoms with Gasteiger partial charge in [0.2, 0.25) is 0 Å². The molecule has 0 spiro atoms. The van der Waals surface area contributed by atoms with Crippen LogP contribution in [0.15, 0.2) is 78.9 Å². The van der Waals surface area contributed by atoms with Gasteiger partial charge in [0.25, 0.3) is 0 Å². The van der Waals surface area contributed by atoms with E-state index in [1.165, 1.54) is 17.7 Å². The predicted molar refractivity (Wildman–Crippen MR) is 106 cm³/mol. The molecule has 130 valence electrons. The monoisotopic (exact) mass is 354 g/mol. The van der Waals surface area contributed by atoms with Crippen molar-refractivity contribution >= 4 is 10.8 Å². The second-order valence-corrected chi connectivity index (χ2v) is 6.52. The first-order valence-electron chi connectivity index (χ1n) is 8.66. The van der Waals surface area contributed by atoms with E-state index >= 15 is 0 Å². The highest BCUT2D eigenvalue weighted by Gasteiger charge is 2.05. The van der Waals surface area contributed by atoms with Crippen molar-refractivity contribution in [3.05, 3.63) is 107 Å². The van der Waals surface area contributed by atoms with Gasteiger partial charge >= 0.3 is 0 Å². The molecule has 0 N–H and O–H groups in total. The Bertz CT molecular complexity index is 1180. The van der Waals surface area contributed by atoms with Gasteiger partial charge in [-0.1, -0.05) is 53.8 Å². The van der Waals surface area contributed by atoms with E-state index in [1.807, 2.05) is 67.6 Å². The molecule has 0 saturated heterocycles. The third kappa shape index (κ3) is 3.73. The lowest BCUT2D eigenvalue weighted by Crippen LogP contribution is -1.85. The zero-order valence-electron chi connectivity index (χ0n) is 14.8. The fourth-order valence-electron chi connectivity index (χ4n) is 2.95. The fraction of sp³-hybridized carbons (Fsp3) is 0.0400. The number of aryl methyl sites for hydroxylation is 1. The molecule has 0 radical (unpaired) electrons. The van der Waals surface area contributed by atoms with Gasteiger partial charge in [-0.15, -0.1) is 0 Å². The minimum atomic E-state index is -0.832. The number of rotatable bonds is 1. The highest BCUT2D eigenvalue weighted by Crippen LogP contribution is 2.26. The first-order chi connectivity index (χ1) is 13.1. The Morgan fingerprint density at radius 2 is 1.07 bits per heavy atom. The molecule has 0 aliphatic carbocycles. The van der Waals surface area contributed by atoms with Crippen LogP contribution in [0.2, 0.25) is 0 Å². The van der Waals surface area contributed by atoms with Crippen molar-refractivity contribution in [1.29, 1.82) is 0 Å². The van der Waals surface area contributed by atoms with Crippen molar-refractivity contribution in [3.63, 3.8) is 0 Å². The molecule has 4 aromatic carbocycles. The van der Waals surface area contributed by atoms with Gasteiger partial charge in [0.15, 0.2) is 11.6 Å². The Balaban J connectivity index is 1.61. The molecular weight excluding hydrogens is 338 g/mol. The maximum Gasteiger partial charge on any atom is 0.159 e. The standard InChI is InChI=1S/C25H16F2/c1-17-2-4-18(5-3-17)6-7-19-8-10-20(11-9-19)21-12-13-22-15-24(26)25(27)16-23(22)14-21/h2-5,8-16H,1H3. The molecule has 0 saturated carbocycles. The van der Waals surface area contributed by atoms with Gasteiger partial charge in [0.05, 0.1) is 0 Å². The van der Waals surface area contributed by atoms with Crippen LogP contribution in [0.3, 0.4) is 0 Å². The van der Waals surface area contributed by atoms with Crippen LogP contribution < -0.4 is 0 Å². The van der Waals surface area contributed by atoms with Crippen LogP contribution in [0.5, 0.6) is 0 Å². The summed E-state index contributed by atoms with van der Waals surface area (Å²) in [7, 11) is 0. The summed E-state index contributed by atoms with van der Waals surface area (Å²) in [4.78, 5) is 0. The molecule has 0 atom stereocenters. The predicted octanol–water partition coefficient (Wildman–Crippen LogP) is 6.49. The molecule has 0 aliphatic heterocycles. The third-order valence-electron chi connectivity index (χ3n) is 4.50. The van der Waals surface area contributed by atoms with Crippen LogP contribution in [0.25, 0.3) is 21.9 Å². The normalized spacial score (nSPS) is 10.5. The molecular formula is C25H16F2. The molecule has 4 rings (SSSR count). The molecule has 2 heteroatoms. The second-order valence-electron chi connectivity index (χ2n) is 6.52. The largest absolute Gasteiger partial charge is 0.204 e. The summed E-state index contributed by atoms with van der Waals surface area (Å²) in [5.74, 6) is 4.66. The van der Waals surface area contributed by atoms with E-state index in [9.17, 15) is 8.78 Å². The van der Waals surface area contributed by atoms with Crippen molar-refractivity contribution in [3.8, 4) is 23.0 Å². The first kappa shape index (κ1) is 17.0. The van der Waals surface area contributed by atoms with Crippen molar-refractivity contribution in [2.45, 2.75) is 6.92 Å². The highest BCUT2D eigenvalue weighted by molar-refractivity contribution is 5.87. The quantitative estimate of drug-likeness (QED) is 0.343. The van der Waals surface area contributed by atoms with Gasteiger partial charge < -0.3 is 0 Å². The lowest BCUT2D eigenvalue weighted by molar-refractivity contribution is 0.511. The van der Waals surface area contributed by atoms with Gasteiger partial charge in [-0.2, -0.15) is 0 Å². The second kappa shape index (κ2) is 7.05. The molecule has 0 aromatic heterocycles. The first-order valence-corrected chi connectivity index (χ1v) is 8.66. The molecule has 0 bridgehead atoms. The molecule has 0 aliphatic rings. The summed E-state index contributed by atoms with van der Waals surface area (Å²) in [6.45, 7) is 2.05. The number of hydrogen-bond donors (Lipinski definition) is 0.